The van der Waals surface area contributed by atoms with Gasteiger partial charge in [-0.2, -0.15) is 0 Å². The topological polar surface area (TPSA) is 75.7 Å². The Labute approximate surface area is 74.5 Å². The van der Waals surface area contributed by atoms with Gasteiger partial charge >= 0.3 is 5.97 Å². The summed E-state index contributed by atoms with van der Waals surface area (Å²) >= 11 is 1.39. The van der Waals surface area contributed by atoms with Gasteiger partial charge in [0, 0.05) is 5.75 Å². The molecule has 0 aromatic rings. The van der Waals surface area contributed by atoms with E-state index in [2.05, 4.69) is 4.99 Å². The lowest BCUT2D eigenvalue weighted by Gasteiger charge is -1.95. The first-order valence-electron chi connectivity index (χ1n) is 3.50. The lowest BCUT2D eigenvalue weighted by atomic mass is 10.3. The van der Waals surface area contributed by atoms with Crippen molar-refractivity contribution in [3.63, 3.8) is 0 Å². The predicted molar refractivity (Wildman–Crippen MR) is 49.3 cm³/mol. The van der Waals surface area contributed by atoms with Crippen molar-refractivity contribution in [2.75, 3.05) is 5.75 Å². The molecule has 5 heteroatoms. The van der Waals surface area contributed by atoms with Crippen LogP contribution in [0.2, 0.25) is 0 Å². The second kappa shape index (κ2) is 3.62. The largest absolute Gasteiger partial charge is 0.480 e. The Bertz CT molecular complexity index is 260. The number of carboxylic acids is 1. The van der Waals surface area contributed by atoms with Gasteiger partial charge in [0.05, 0.1) is 5.70 Å². The first-order valence-corrected chi connectivity index (χ1v) is 4.49. The molecule has 0 saturated carbocycles. The second-order valence-corrected chi connectivity index (χ2v) is 3.35. The Kier molecular flexibility index (Phi) is 2.75. The van der Waals surface area contributed by atoms with E-state index in [4.69, 9.17) is 10.8 Å². The molecule has 12 heavy (non-hydrogen) atoms. The van der Waals surface area contributed by atoms with Crippen LogP contribution < -0.4 is 5.73 Å². The smallest absolute Gasteiger partial charge is 0.329 e. The van der Waals surface area contributed by atoms with Crippen molar-refractivity contribution < 1.29 is 9.90 Å². The Morgan fingerprint density at radius 3 is 3.00 bits per heavy atom. The highest BCUT2D eigenvalue weighted by Gasteiger charge is 2.24. The van der Waals surface area contributed by atoms with Crippen molar-refractivity contribution in [3.8, 4) is 0 Å². The molecule has 0 aromatic carbocycles. The van der Waals surface area contributed by atoms with Crippen molar-refractivity contribution in [1.82, 2.24) is 0 Å². The molecule has 0 unspecified atom stereocenters. The van der Waals surface area contributed by atoms with Crippen molar-refractivity contribution >= 4 is 22.8 Å². The summed E-state index contributed by atoms with van der Waals surface area (Å²) < 4.78 is 0. The van der Waals surface area contributed by atoms with E-state index in [1.54, 1.807) is 13.0 Å². The third-order valence-electron chi connectivity index (χ3n) is 1.49. The highest BCUT2D eigenvalue weighted by Crippen LogP contribution is 2.20. The Morgan fingerprint density at radius 1 is 1.92 bits per heavy atom. The lowest BCUT2D eigenvalue weighted by Crippen LogP contribution is -2.17. The molecule has 1 atom stereocenters. The molecule has 1 aliphatic heterocycles. The van der Waals surface area contributed by atoms with Crippen LogP contribution >= 0.6 is 11.8 Å². The summed E-state index contributed by atoms with van der Waals surface area (Å²) in [7, 11) is 0. The molecule has 0 fully saturated rings. The molecule has 0 spiro atoms. The van der Waals surface area contributed by atoms with E-state index >= 15 is 0 Å². The van der Waals surface area contributed by atoms with Crippen LogP contribution in [0.1, 0.15) is 6.92 Å². The minimum Gasteiger partial charge on any atom is -0.480 e. The number of rotatable bonds is 2. The summed E-state index contributed by atoms with van der Waals surface area (Å²) in [6.07, 6.45) is 1.72. The second-order valence-electron chi connectivity index (χ2n) is 2.34. The average Bonchev–Trinajstić information content (AvgIpc) is 2.51. The minimum atomic E-state index is -0.888. The average molecular weight is 186 g/mol. The fourth-order valence-corrected chi connectivity index (χ4v) is 1.80. The summed E-state index contributed by atoms with van der Waals surface area (Å²) in [5.74, 6) is -0.402. The lowest BCUT2D eigenvalue weighted by molar-refractivity contribution is -0.137. The summed E-state index contributed by atoms with van der Waals surface area (Å²) in [6.45, 7) is 1.80. The summed E-state index contributed by atoms with van der Waals surface area (Å²) in [6, 6.07) is -0.622. The maximum atomic E-state index is 10.5. The molecule has 1 heterocycles. The maximum Gasteiger partial charge on any atom is 0.329 e. The van der Waals surface area contributed by atoms with Crippen LogP contribution in [0.4, 0.5) is 0 Å². The van der Waals surface area contributed by atoms with Gasteiger partial charge in [0.15, 0.2) is 6.04 Å². The zero-order valence-electron chi connectivity index (χ0n) is 6.65. The van der Waals surface area contributed by atoms with Gasteiger partial charge in [-0.15, -0.1) is 11.8 Å². The molecule has 0 bridgehead atoms. The molecule has 0 aliphatic carbocycles. The number of aliphatic carboxylic acids is 1. The Morgan fingerprint density at radius 2 is 2.58 bits per heavy atom. The molecular weight excluding hydrogens is 176 g/mol. The van der Waals surface area contributed by atoms with Crippen LogP contribution in [0.25, 0.3) is 0 Å². The van der Waals surface area contributed by atoms with E-state index in [-0.39, 0.29) is 0 Å². The molecule has 0 aromatic heterocycles. The Hall–Kier alpha value is -0.970. The predicted octanol–water partition coefficient (Wildman–Crippen LogP) is 0.447. The standard InChI is InChI=1S/C7H10N2O2S/c1-2-4(8)6-9-5(3-12-6)7(10)11/h2,5H,3,8H2,1H3,(H,10,11)/b4-2-/t5-/m1/s1. The molecule has 3 N–H and O–H groups in total. The normalized spacial score (nSPS) is 23.9. The van der Waals surface area contributed by atoms with Crippen molar-refractivity contribution in [3.05, 3.63) is 11.8 Å². The molecule has 0 radical (unpaired) electrons. The fourth-order valence-electron chi connectivity index (χ4n) is 0.782. The van der Waals surface area contributed by atoms with Crippen LogP contribution in [0, 0.1) is 0 Å². The molecule has 1 aliphatic rings. The van der Waals surface area contributed by atoms with E-state index in [0.29, 0.717) is 16.5 Å². The van der Waals surface area contributed by atoms with Gasteiger partial charge in [-0.05, 0) is 6.92 Å². The highest BCUT2D eigenvalue weighted by molar-refractivity contribution is 8.14. The van der Waals surface area contributed by atoms with E-state index in [0.717, 1.165) is 0 Å². The quantitative estimate of drug-likeness (QED) is 0.656. The third-order valence-corrected chi connectivity index (χ3v) is 2.59. The van der Waals surface area contributed by atoms with E-state index in [1.165, 1.54) is 11.8 Å². The number of nitrogens with zero attached hydrogens (tertiary/aromatic N) is 1. The van der Waals surface area contributed by atoms with Crippen molar-refractivity contribution in [2.24, 2.45) is 10.7 Å². The summed E-state index contributed by atoms with van der Waals surface area (Å²) in [4.78, 5) is 14.4. The molecule has 4 nitrogen and oxygen atoms in total. The van der Waals surface area contributed by atoms with Crippen LogP contribution in [-0.2, 0) is 4.79 Å². The fraction of sp³-hybridized carbons (Fsp3) is 0.429. The van der Waals surface area contributed by atoms with E-state index in [1.807, 2.05) is 0 Å². The molecule has 0 saturated heterocycles. The number of carboxylic acid groups (broad SMARTS) is 1. The SMILES string of the molecule is C/C=C(\N)C1=N[C@@H](C(=O)O)CS1. The third kappa shape index (κ3) is 1.79. The van der Waals surface area contributed by atoms with Crippen molar-refractivity contribution in [1.29, 1.82) is 0 Å². The van der Waals surface area contributed by atoms with Gasteiger partial charge in [0.25, 0.3) is 0 Å². The first kappa shape index (κ1) is 9.12. The summed E-state index contributed by atoms with van der Waals surface area (Å²) in [5, 5.41) is 9.25. The van der Waals surface area contributed by atoms with E-state index < -0.39 is 12.0 Å². The first-order chi connectivity index (χ1) is 5.65. The highest BCUT2D eigenvalue weighted by atomic mass is 32.2. The van der Waals surface area contributed by atoms with Gasteiger partial charge in [-0.25, -0.2) is 4.79 Å². The van der Waals surface area contributed by atoms with Crippen LogP contribution in [0.3, 0.4) is 0 Å². The number of nitrogens with two attached hydrogens (primary N) is 1. The number of thioether (sulfide) groups is 1. The number of hydrogen-bond donors (Lipinski definition) is 2. The van der Waals surface area contributed by atoms with Gasteiger partial charge < -0.3 is 10.8 Å². The van der Waals surface area contributed by atoms with Crippen LogP contribution in [-0.4, -0.2) is 27.9 Å². The van der Waals surface area contributed by atoms with E-state index in [9.17, 15) is 4.79 Å². The minimum absolute atomic E-state index is 0.485. The zero-order valence-corrected chi connectivity index (χ0v) is 7.47. The van der Waals surface area contributed by atoms with Crippen LogP contribution in [0.15, 0.2) is 16.8 Å². The van der Waals surface area contributed by atoms with Crippen LogP contribution in [0.5, 0.6) is 0 Å². The maximum absolute atomic E-state index is 10.5. The van der Waals surface area contributed by atoms with Crippen molar-refractivity contribution in [2.45, 2.75) is 13.0 Å². The Balaban J connectivity index is 2.72. The zero-order chi connectivity index (χ0) is 9.14. The number of aliphatic imine (C=N–C) groups is 1. The van der Waals surface area contributed by atoms with Gasteiger partial charge in [-0.3, -0.25) is 4.99 Å². The van der Waals surface area contributed by atoms with Gasteiger partial charge in [0.1, 0.15) is 5.04 Å². The molecular formula is C7H10N2O2S. The monoisotopic (exact) mass is 186 g/mol. The molecule has 1 rings (SSSR count). The number of hydrogen-bond acceptors (Lipinski definition) is 4. The molecule has 0 amide bonds. The number of carbonyl (C=O) groups is 1. The number of allylic oxidation sites excluding steroid dienone is 1. The summed E-state index contributed by atoms with van der Waals surface area (Å²) in [5.41, 5.74) is 6.12. The van der Waals surface area contributed by atoms with Gasteiger partial charge in [0.2, 0.25) is 0 Å². The molecule has 66 valence electrons. The van der Waals surface area contributed by atoms with Gasteiger partial charge in [-0.1, -0.05) is 6.08 Å².